The molecular weight excluding hydrogens is 824 g/mol. The lowest BCUT2D eigenvalue weighted by atomic mass is 9.80. The van der Waals surface area contributed by atoms with E-state index in [-0.39, 0.29) is 28.1 Å². The number of alkyl halides is 1. The van der Waals surface area contributed by atoms with Crippen molar-refractivity contribution in [1.29, 1.82) is 0 Å². The van der Waals surface area contributed by atoms with Gasteiger partial charge in [-0.2, -0.15) is 0 Å². The topological polar surface area (TPSA) is 54.0 Å². The maximum atomic E-state index is 14.0. The SMILES string of the molecule is CC(C)(C)[Si](OCC(I)[C@H]1OC(=O)[C@H](OCc2ccccc2)[C@@H]1COC(c1ccccc1)(c1ccccc1)c1ccccc1)(c1ccccc1)c1ccccc1. The normalized spacial score (nSPS) is 18.0. The van der Waals surface area contributed by atoms with Crippen LogP contribution in [0.5, 0.6) is 0 Å². The zero-order valence-electron chi connectivity index (χ0n) is 32.2. The van der Waals surface area contributed by atoms with Gasteiger partial charge in [-0.25, -0.2) is 4.79 Å². The number of rotatable bonds is 15. The molecule has 1 heterocycles. The van der Waals surface area contributed by atoms with E-state index in [0.29, 0.717) is 6.61 Å². The molecule has 0 bridgehead atoms. The van der Waals surface area contributed by atoms with Gasteiger partial charge >= 0.3 is 5.97 Å². The van der Waals surface area contributed by atoms with Crippen LogP contribution in [-0.2, 0) is 35.6 Å². The monoisotopic (exact) mass is 872 g/mol. The number of cyclic esters (lactones) is 1. The third-order valence-electron chi connectivity index (χ3n) is 10.8. The van der Waals surface area contributed by atoms with Gasteiger partial charge in [0, 0.05) is 0 Å². The fourth-order valence-electron chi connectivity index (χ4n) is 8.16. The van der Waals surface area contributed by atoms with Crippen molar-refractivity contribution in [3.05, 3.63) is 204 Å². The minimum absolute atomic E-state index is 0.188. The summed E-state index contributed by atoms with van der Waals surface area (Å²) in [6.07, 6.45) is -1.38. The average molecular weight is 873 g/mol. The van der Waals surface area contributed by atoms with Gasteiger partial charge in [0.15, 0.2) is 6.10 Å². The molecule has 0 saturated carbocycles. The highest BCUT2D eigenvalue weighted by molar-refractivity contribution is 14.1. The van der Waals surface area contributed by atoms with Crippen molar-refractivity contribution in [1.82, 2.24) is 0 Å². The fraction of sp³-hybridized carbons (Fsp3) is 0.245. The van der Waals surface area contributed by atoms with Crippen LogP contribution in [0.1, 0.15) is 43.0 Å². The van der Waals surface area contributed by atoms with Gasteiger partial charge in [-0.15, -0.1) is 0 Å². The van der Waals surface area contributed by atoms with E-state index in [4.69, 9.17) is 18.6 Å². The first kappa shape index (κ1) is 39.8. The van der Waals surface area contributed by atoms with Gasteiger partial charge in [0.1, 0.15) is 11.7 Å². The van der Waals surface area contributed by atoms with Crippen molar-refractivity contribution >= 4 is 47.3 Å². The summed E-state index contributed by atoms with van der Waals surface area (Å²) in [6, 6.07) is 62.2. The second-order valence-electron chi connectivity index (χ2n) is 15.4. The fourth-order valence-corrected chi connectivity index (χ4v) is 13.9. The van der Waals surface area contributed by atoms with Crippen molar-refractivity contribution in [2.75, 3.05) is 13.2 Å². The molecule has 7 heteroatoms. The Labute approximate surface area is 346 Å². The zero-order chi connectivity index (χ0) is 39.0. The van der Waals surface area contributed by atoms with Gasteiger partial charge in [-0.05, 0) is 37.7 Å². The standard InChI is InChI=1S/C49H49IO5Si/c1-48(2,3)56(41-30-18-8-19-31-41,42-32-20-9-21-33-42)54-36-44(50)45-43(46(47(51)55-45)52-34-37-22-10-4-11-23-37)35-53-49(38-24-12-5-13-25-38,39-26-14-6-15-27-39)40-28-16-7-17-29-40/h4-33,43-46H,34-36H2,1-3H3/t43-,44?,45+,46-/m1/s1. The summed E-state index contributed by atoms with van der Waals surface area (Å²) in [4.78, 5) is 14.0. The van der Waals surface area contributed by atoms with Gasteiger partial charge < -0.3 is 18.6 Å². The molecule has 0 radical (unpaired) electrons. The lowest BCUT2D eigenvalue weighted by Crippen LogP contribution is -2.67. The number of carbonyl (C=O) groups excluding carboxylic acids is 1. The average Bonchev–Trinajstić information content (AvgIpc) is 3.56. The quantitative estimate of drug-likeness (QED) is 0.0339. The molecule has 4 atom stereocenters. The van der Waals surface area contributed by atoms with Crippen LogP contribution in [-0.4, -0.2) is 43.6 Å². The van der Waals surface area contributed by atoms with Gasteiger partial charge in [0.05, 0.1) is 29.7 Å². The van der Waals surface area contributed by atoms with Gasteiger partial charge in [-0.1, -0.05) is 225 Å². The van der Waals surface area contributed by atoms with Crippen molar-refractivity contribution in [2.24, 2.45) is 5.92 Å². The Bertz CT molecular complexity index is 1980. The van der Waals surface area contributed by atoms with E-state index in [1.54, 1.807) is 0 Å². The third kappa shape index (κ3) is 8.20. The maximum absolute atomic E-state index is 14.0. The molecule has 1 unspecified atom stereocenters. The Morgan fingerprint density at radius 3 is 1.46 bits per heavy atom. The highest BCUT2D eigenvalue weighted by Gasteiger charge is 2.53. The van der Waals surface area contributed by atoms with E-state index in [2.05, 4.69) is 140 Å². The summed E-state index contributed by atoms with van der Waals surface area (Å²) in [5, 5.41) is 2.20. The van der Waals surface area contributed by atoms with Gasteiger partial charge in [0.25, 0.3) is 8.32 Å². The van der Waals surface area contributed by atoms with Crippen LogP contribution in [0.15, 0.2) is 182 Å². The molecule has 5 nitrogen and oxygen atoms in total. The van der Waals surface area contributed by atoms with Gasteiger partial charge in [0.2, 0.25) is 0 Å². The molecule has 1 aliphatic rings. The highest BCUT2D eigenvalue weighted by Crippen LogP contribution is 2.43. The second-order valence-corrected chi connectivity index (χ2v) is 21.3. The molecule has 0 aliphatic carbocycles. The van der Waals surface area contributed by atoms with Crippen molar-refractivity contribution in [3.63, 3.8) is 0 Å². The molecule has 1 aliphatic heterocycles. The van der Waals surface area contributed by atoms with Crippen LogP contribution < -0.4 is 10.4 Å². The first-order valence-electron chi connectivity index (χ1n) is 19.3. The van der Waals surface area contributed by atoms with Crippen LogP contribution in [0.25, 0.3) is 0 Å². The number of hydrogen-bond donors (Lipinski definition) is 0. The smallest absolute Gasteiger partial charge is 0.336 e. The second kappa shape index (κ2) is 17.8. The van der Waals surface area contributed by atoms with E-state index in [0.717, 1.165) is 22.3 Å². The number of carbonyl (C=O) groups is 1. The molecule has 0 aromatic heterocycles. The number of benzene rings is 6. The number of ether oxygens (including phenoxy) is 3. The summed E-state index contributed by atoms with van der Waals surface area (Å²) >= 11 is 2.43. The maximum Gasteiger partial charge on any atom is 0.336 e. The lowest BCUT2D eigenvalue weighted by Gasteiger charge is -2.43. The lowest BCUT2D eigenvalue weighted by molar-refractivity contribution is -0.150. The van der Waals surface area contributed by atoms with Crippen LogP contribution in [0.2, 0.25) is 5.04 Å². The van der Waals surface area contributed by atoms with E-state index >= 15 is 0 Å². The van der Waals surface area contributed by atoms with Crippen molar-refractivity contribution in [2.45, 2.75) is 54.1 Å². The minimum atomic E-state index is -2.87. The summed E-state index contributed by atoms with van der Waals surface area (Å²) < 4.78 is 27.5. The molecular formula is C49H49IO5Si. The third-order valence-corrected chi connectivity index (χ3v) is 16.9. The van der Waals surface area contributed by atoms with Crippen LogP contribution in [0.4, 0.5) is 0 Å². The molecule has 1 fully saturated rings. The highest BCUT2D eigenvalue weighted by atomic mass is 127. The van der Waals surface area contributed by atoms with Crippen LogP contribution >= 0.6 is 22.6 Å². The molecule has 7 rings (SSSR count). The Hall–Kier alpha value is -4.38. The van der Waals surface area contributed by atoms with Crippen LogP contribution in [0, 0.1) is 5.92 Å². The molecule has 6 aromatic rings. The first-order valence-corrected chi connectivity index (χ1v) is 22.4. The molecule has 56 heavy (non-hydrogen) atoms. The number of esters is 1. The van der Waals surface area contributed by atoms with E-state index < -0.39 is 32.0 Å². The van der Waals surface area contributed by atoms with E-state index in [9.17, 15) is 4.79 Å². The van der Waals surface area contributed by atoms with Crippen molar-refractivity contribution in [3.8, 4) is 0 Å². The number of hydrogen-bond acceptors (Lipinski definition) is 5. The molecule has 1 saturated heterocycles. The predicted molar refractivity (Wildman–Crippen MR) is 235 cm³/mol. The zero-order valence-corrected chi connectivity index (χ0v) is 35.3. The summed E-state index contributed by atoms with van der Waals surface area (Å²) in [7, 11) is -2.87. The van der Waals surface area contributed by atoms with E-state index in [1.807, 2.05) is 84.9 Å². The minimum Gasteiger partial charge on any atom is -0.459 e. The molecule has 0 N–H and O–H groups in total. The predicted octanol–water partition coefficient (Wildman–Crippen LogP) is 9.50. The van der Waals surface area contributed by atoms with Crippen LogP contribution in [0.3, 0.4) is 0 Å². The Morgan fingerprint density at radius 1 is 0.625 bits per heavy atom. The molecule has 0 amide bonds. The van der Waals surface area contributed by atoms with E-state index in [1.165, 1.54) is 10.4 Å². The molecule has 0 spiro atoms. The largest absolute Gasteiger partial charge is 0.459 e. The van der Waals surface area contributed by atoms with Crippen molar-refractivity contribution < 1.29 is 23.4 Å². The molecule has 6 aromatic carbocycles. The molecule has 286 valence electrons. The Morgan fingerprint density at radius 2 is 1.04 bits per heavy atom. The van der Waals surface area contributed by atoms with Gasteiger partial charge in [-0.3, -0.25) is 0 Å². The Kier molecular flexibility index (Phi) is 12.7. The number of halogens is 1. The Balaban J connectivity index is 1.26. The summed E-state index contributed by atoms with van der Waals surface area (Å²) in [5.41, 5.74) is 2.97. The summed E-state index contributed by atoms with van der Waals surface area (Å²) in [5.74, 6) is -0.817. The summed E-state index contributed by atoms with van der Waals surface area (Å²) in [6.45, 7) is 7.66. The first-order chi connectivity index (χ1) is 27.2.